The van der Waals surface area contributed by atoms with Crippen LogP contribution in [0.5, 0.6) is 5.75 Å². The lowest BCUT2D eigenvalue weighted by atomic mass is 10.1. The second-order valence-corrected chi connectivity index (χ2v) is 4.47. The molecule has 4 nitrogen and oxygen atoms in total. The molecule has 1 atom stereocenters. The van der Waals surface area contributed by atoms with Crippen LogP contribution in [0, 0.1) is 5.82 Å². The van der Waals surface area contributed by atoms with Crippen molar-refractivity contribution in [1.82, 2.24) is 4.90 Å². The monoisotopic (exact) mass is 253 g/mol. The summed E-state index contributed by atoms with van der Waals surface area (Å²) in [6.07, 6.45) is 0.620. The average Bonchev–Trinajstić information content (AvgIpc) is 2.69. The van der Waals surface area contributed by atoms with E-state index in [1.807, 2.05) is 11.9 Å². The fourth-order valence-corrected chi connectivity index (χ4v) is 2.09. The molecule has 0 bridgehead atoms. The number of carbonyl (C=O) groups excluding carboxylic acids is 1. The van der Waals surface area contributed by atoms with Crippen LogP contribution in [0.2, 0.25) is 0 Å². The molecule has 0 fully saturated rings. The van der Waals surface area contributed by atoms with E-state index in [-0.39, 0.29) is 24.4 Å². The predicted molar refractivity (Wildman–Crippen MR) is 64.0 cm³/mol. The van der Waals surface area contributed by atoms with Gasteiger partial charge in [0.05, 0.1) is 13.7 Å². The Kier molecular flexibility index (Phi) is 3.81. The largest absolute Gasteiger partial charge is 0.488 e. The maximum atomic E-state index is 13.0. The van der Waals surface area contributed by atoms with Gasteiger partial charge in [-0.05, 0) is 25.2 Å². The first-order valence-corrected chi connectivity index (χ1v) is 5.79. The maximum absolute atomic E-state index is 13.0. The van der Waals surface area contributed by atoms with Gasteiger partial charge in [-0.15, -0.1) is 0 Å². The Morgan fingerprint density at radius 3 is 3.11 bits per heavy atom. The number of hydrogen-bond donors (Lipinski definition) is 0. The third-order valence-corrected chi connectivity index (χ3v) is 2.91. The molecule has 0 aliphatic carbocycles. The first kappa shape index (κ1) is 12.8. The number of esters is 1. The van der Waals surface area contributed by atoms with E-state index in [1.54, 1.807) is 6.07 Å². The summed E-state index contributed by atoms with van der Waals surface area (Å²) in [5.41, 5.74) is 0.881. The van der Waals surface area contributed by atoms with E-state index in [1.165, 1.54) is 19.2 Å². The maximum Gasteiger partial charge on any atom is 0.319 e. The summed E-state index contributed by atoms with van der Waals surface area (Å²) >= 11 is 0. The molecule has 1 aliphatic heterocycles. The van der Waals surface area contributed by atoms with Crippen molar-refractivity contribution in [2.24, 2.45) is 0 Å². The van der Waals surface area contributed by atoms with E-state index >= 15 is 0 Å². The molecule has 1 unspecified atom stereocenters. The number of rotatable bonds is 4. The van der Waals surface area contributed by atoms with Crippen LogP contribution in [-0.2, 0) is 16.0 Å². The molecule has 0 saturated carbocycles. The Morgan fingerprint density at radius 2 is 2.39 bits per heavy atom. The van der Waals surface area contributed by atoms with Gasteiger partial charge in [-0.1, -0.05) is 0 Å². The molecule has 18 heavy (non-hydrogen) atoms. The summed E-state index contributed by atoms with van der Waals surface area (Å²) in [4.78, 5) is 12.9. The van der Waals surface area contributed by atoms with Crippen molar-refractivity contribution >= 4 is 5.97 Å². The van der Waals surface area contributed by atoms with Crippen LogP contribution in [0.15, 0.2) is 18.2 Å². The molecular weight excluding hydrogens is 237 g/mol. The second kappa shape index (κ2) is 5.35. The molecule has 0 N–H and O–H groups in total. The van der Waals surface area contributed by atoms with Gasteiger partial charge in [-0.2, -0.15) is 0 Å². The van der Waals surface area contributed by atoms with Gasteiger partial charge in [0.15, 0.2) is 0 Å². The lowest BCUT2D eigenvalue weighted by Crippen LogP contribution is -2.35. The third-order valence-electron chi connectivity index (χ3n) is 2.91. The fourth-order valence-electron chi connectivity index (χ4n) is 2.09. The average molecular weight is 253 g/mol. The van der Waals surface area contributed by atoms with Crippen LogP contribution in [0.1, 0.15) is 5.56 Å². The van der Waals surface area contributed by atoms with Crippen molar-refractivity contribution in [3.8, 4) is 5.75 Å². The summed E-state index contributed by atoms with van der Waals surface area (Å²) in [6.45, 7) is 0.826. The van der Waals surface area contributed by atoms with Gasteiger partial charge in [0.2, 0.25) is 0 Å². The van der Waals surface area contributed by atoms with E-state index in [0.29, 0.717) is 13.0 Å². The normalized spacial score (nSPS) is 17.4. The Balaban J connectivity index is 1.89. The van der Waals surface area contributed by atoms with Crippen molar-refractivity contribution in [2.75, 3.05) is 27.2 Å². The van der Waals surface area contributed by atoms with Gasteiger partial charge >= 0.3 is 5.97 Å². The Morgan fingerprint density at radius 1 is 1.61 bits per heavy atom. The third kappa shape index (κ3) is 2.98. The SMILES string of the molecule is COC(=O)CN(C)CC1Cc2cc(F)ccc2O1. The smallest absolute Gasteiger partial charge is 0.319 e. The molecule has 1 aromatic carbocycles. The van der Waals surface area contributed by atoms with Gasteiger partial charge < -0.3 is 9.47 Å². The molecule has 0 spiro atoms. The zero-order valence-corrected chi connectivity index (χ0v) is 10.5. The minimum absolute atomic E-state index is 0.0449. The second-order valence-electron chi connectivity index (χ2n) is 4.47. The van der Waals surface area contributed by atoms with Crippen LogP contribution >= 0.6 is 0 Å². The molecule has 1 heterocycles. The summed E-state index contributed by atoms with van der Waals surface area (Å²) in [5, 5.41) is 0. The Labute approximate surface area is 105 Å². The van der Waals surface area contributed by atoms with Gasteiger partial charge in [-0.25, -0.2) is 4.39 Å². The van der Waals surface area contributed by atoms with E-state index in [4.69, 9.17) is 4.74 Å². The fraction of sp³-hybridized carbons (Fsp3) is 0.462. The number of nitrogens with zero attached hydrogens (tertiary/aromatic N) is 1. The molecule has 0 aromatic heterocycles. The first-order chi connectivity index (χ1) is 8.58. The van der Waals surface area contributed by atoms with E-state index in [0.717, 1.165) is 11.3 Å². The lowest BCUT2D eigenvalue weighted by molar-refractivity contribution is -0.141. The van der Waals surface area contributed by atoms with E-state index < -0.39 is 0 Å². The number of methoxy groups -OCH3 is 1. The number of fused-ring (bicyclic) bond motifs is 1. The quantitative estimate of drug-likeness (QED) is 0.757. The predicted octanol–water partition coefficient (Wildman–Crippen LogP) is 1.23. The van der Waals surface area contributed by atoms with Crippen molar-refractivity contribution in [3.05, 3.63) is 29.6 Å². The van der Waals surface area contributed by atoms with Crippen molar-refractivity contribution in [2.45, 2.75) is 12.5 Å². The Hall–Kier alpha value is -1.62. The summed E-state index contributed by atoms with van der Waals surface area (Å²) in [5.74, 6) is 0.202. The van der Waals surface area contributed by atoms with Crippen molar-refractivity contribution in [1.29, 1.82) is 0 Å². The highest BCUT2D eigenvalue weighted by atomic mass is 19.1. The molecule has 98 valence electrons. The minimum atomic E-state index is -0.279. The number of ether oxygens (including phenoxy) is 2. The highest BCUT2D eigenvalue weighted by Crippen LogP contribution is 2.29. The number of benzene rings is 1. The lowest BCUT2D eigenvalue weighted by Gasteiger charge is -2.19. The minimum Gasteiger partial charge on any atom is -0.488 e. The van der Waals surface area contributed by atoms with Crippen molar-refractivity contribution in [3.63, 3.8) is 0 Å². The summed E-state index contributed by atoms with van der Waals surface area (Å²) in [6, 6.07) is 4.53. The molecule has 0 radical (unpaired) electrons. The molecule has 1 aromatic rings. The molecule has 1 aliphatic rings. The molecule has 2 rings (SSSR count). The summed E-state index contributed by atoms with van der Waals surface area (Å²) in [7, 11) is 3.19. The van der Waals surface area contributed by atoms with Gasteiger partial charge in [0, 0.05) is 18.5 Å². The van der Waals surface area contributed by atoms with Crippen LogP contribution < -0.4 is 4.74 Å². The van der Waals surface area contributed by atoms with E-state index in [9.17, 15) is 9.18 Å². The molecular formula is C13H16FNO3. The zero-order chi connectivity index (χ0) is 13.1. The highest BCUT2D eigenvalue weighted by Gasteiger charge is 2.24. The van der Waals surface area contributed by atoms with Crippen LogP contribution in [0.4, 0.5) is 4.39 Å². The summed E-state index contributed by atoms with van der Waals surface area (Å²) < 4.78 is 23.3. The zero-order valence-electron chi connectivity index (χ0n) is 10.5. The van der Waals surface area contributed by atoms with Gasteiger partial charge in [0.1, 0.15) is 17.7 Å². The topological polar surface area (TPSA) is 38.8 Å². The van der Waals surface area contributed by atoms with Crippen LogP contribution in [0.25, 0.3) is 0 Å². The van der Waals surface area contributed by atoms with E-state index in [2.05, 4.69) is 4.74 Å². The first-order valence-electron chi connectivity index (χ1n) is 5.79. The molecule has 0 saturated heterocycles. The number of carbonyl (C=O) groups is 1. The molecule has 5 heteroatoms. The van der Waals surface area contributed by atoms with Crippen LogP contribution in [0.3, 0.4) is 0 Å². The van der Waals surface area contributed by atoms with Gasteiger partial charge in [0.25, 0.3) is 0 Å². The number of likely N-dealkylation sites (N-methyl/N-ethyl adjacent to an activating group) is 1. The van der Waals surface area contributed by atoms with Crippen LogP contribution in [-0.4, -0.2) is 44.2 Å². The number of halogens is 1. The van der Waals surface area contributed by atoms with Gasteiger partial charge in [-0.3, -0.25) is 9.69 Å². The highest BCUT2D eigenvalue weighted by molar-refractivity contribution is 5.71. The molecule has 0 amide bonds. The Bertz CT molecular complexity index is 450. The standard InChI is InChI=1S/C13H16FNO3/c1-15(8-13(16)17-2)7-11-6-9-5-10(14)3-4-12(9)18-11/h3-5,11H,6-8H2,1-2H3. The number of hydrogen-bond acceptors (Lipinski definition) is 4. The van der Waals surface area contributed by atoms with Crippen molar-refractivity contribution < 1.29 is 18.7 Å².